The highest BCUT2D eigenvalue weighted by atomic mass is 127. The van der Waals surface area contributed by atoms with E-state index in [2.05, 4.69) is 22.6 Å². The van der Waals surface area contributed by atoms with Crippen LogP contribution in [0.5, 0.6) is 0 Å². The van der Waals surface area contributed by atoms with Gasteiger partial charge in [-0.15, -0.1) is 0 Å². The fourth-order valence-corrected chi connectivity index (χ4v) is 2.69. The van der Waals surface area contributed by atoms with Crippen molar-refractivity contribution in [3.63, 3.8) is 0 Å². The molecular formula is C10H14INO4S. The van der Waals surface area contributed by atoms with Gasteiger partial charge in [-0.2, -0.15) is 0 Å². The minimum atomic E-state index is -3.68. The Morgan fingerprint density at radius 2 is 2.12 bits per heavy atom. The van der Waals surface area contributed by atoms with E-state index in [1.165, 1.54) is 13.2 Å². The predicted octanol–water partition coefficient (Wildman–Crippen LogP) is 1.10. The van der Waals surface area contributed by atoms with Crippen LogP contribution < -0.4 is 5.14 Å². The molecule has 1 aromatic rings. The first-order valence-corrected chi connectivity index (χ1v) is 7.45. The Labute approximate surface area is 114 Å². The second kappa shape index (κ2) is 6.64. The zero-order valence-corrected chi connectivity index (χ0v) is 12.3. The number of hydrogen-bond acceptors (Lipinski definition) is 4. The summed E-state index contributed by atoms with van der Waals surface area (Å²) in [6.45, 7) is 0.574. The van der Waals surface area contributed by atoms with Gasteiger partial charge in [-0.1, -0.05) is 0 Å². The first-order chi connectivity index (χ1) is 7.95. The molecule has 0 amide bonds. The van der Waals surface area contributed by atoms with Gasteiger partial charge in [0.25, 0.3) is 0 Å². The molecule has 1 rings (SSSR count). The molecule has 0 atom stereocenters. The standard InChI is InChI=1S/C10H14INO4S/c1-15-7-16-5-4-8-6-9(11)2-3-10(8)17(12,13)14/h2-3,6H,4-5,7H2,1H3,(H2,12,13,14). The van der Waals surface area contributed by atoms with Crippen LogP contribution in [0.15, 0.2) is 23.1 Å². The van der Waals surface area contributed by atoms with Crippen LogP contribution in [0.25, 0.3) is 0 Å². The minimum absolute atomic E-state index is 0.152. The molecule has 0 heterocycles. The third-order valence-corrected chi connectivity index (χ3v) is 3.73. The summed E-state index contributed by atoms with van der Waals surface area (Å²) in [6, 6.07) is 5.01. The molecular weight excluding hydrogens is 357 g/mol. The van der Waals surface area contributed by atoms with Gasteiger partial charge in [0.1, 0.15) is 6.79 Å². The molecule has 0 unspecified atom stereocenters. The SMILES string of the molecule is COCOCCc1cc(I)ccc1S(N)(=O)=O. The van der Waals surface area contributed by atoms with E-state index < -0.39 is 10.0 Å². The lowest BCUT2D eigenvalue weighted by atomic mass is 10.2. The molecule has 0 aliphatic heterocycles. The van der Waals surface area contributed by atoms with Crippen molar-refractivity contribution in [1.29, 1.82) is 0 Å². The second-order valence-corrected chi connectivity index (χ2v) is 6.14. The van der Waals surface area contributed by atoms with E-state index in [0.29, 0.717) is 18.6 Å². The van der Waals surface area contributed by atoms with Crippen molar-refractivity contribution < 1.29 is 17.9 Å². The molecule has 0 saturated carbocycles. The number of ether oxygens (including phenoxy) is 2. The third kappa shape index (κ3) is 4.88. The number of benzene rings is 1. The van der Waals surface area contributed by atoms with Gasteiger partial charge in [0.2, 0.25) is 10.0 Å². The average molecular weight is 371 g/mol. The van der Waals surface area contributed by atoms with Gasteiger partial charge in [0.05, 0.1) is 11.5 Å². The number of hydrogen-bond donors (Lipinski definition) is 1. The van der Waals surface area contributed by atoms with Gasteiger partial charge in [0.15, 0.2) is 0 Å². The molecule has 0 saturated heterocycles. The Hall–Kier alpha value is -0.220. The van der Waals surface area contributed by atoms with Crippen molar-refractivity contribution in [3.8, 4) is 0 Å². The average Bonchev–Trinajstić information content (AvgIpc) is 2.23. The molecule has 0 radical (unpaired) electrons. The van der Waals surface area contributed by atoms with Crippen molar-refractivity contribution in [2.45, 2.75) is 11.3 Å². The summed E-state index contributed by atoms with van der Waals surface area (Å²) in [5.74, 6) is 0. The molecule has 1 aromatic carbocycles. The number of sulfonamides is 1. The van der Waals surface area contributed by atoms with Crippen LogP contribution in [0, 0.1) is 3.57 Å². The predicted molar refractivity (Wildman–Crippen MR) is 72.1 cm³/mol. The fraction of sp³-hybridized carbons (Fsp3) is 0.400. The van der Waals surface area contributed by atoms with Gasteiger partial charge >= 0.3 is 0 Å². The van der Waals surface area contributed by atoms with E-state index in [9.17, 15) is 8.42 Å². The fourth-order valence-electron chi connectivity index (χ4n) is 1.35. The largest absolute Gasteiger partial charge is 0.359 e. The van der Waals surface area contributed by atoms with Crippen molar-refractivity contribution in [3.05, 3.63) is 27.3 Å². The summed E-state index contributed by atoms with van der Waals surface area (Å²) in [5, 5.41) is 5.14. The molecule has 0 aromatic heterocycles. The van der Waals surface area contributed by atoms with Crippen LogP contribution in [-0.2, 0) is 25.9 Å². The maximum atomic E-state index is 11.4. The molecule has 0 fully saturated rings. The molecule has 7 heteroatoms. The van der Waals surface area contributed by atoms with Crippen LogP contribution in [0.1, 0.15) is 5.56 Å². The lowest BCUT2D eigenvalue weighted by molar-refractivity contribution is -0.0292. The molecule has 0 bridgehead atoms. The Bertz CT molecular complexity index is 475. The Balaban J connectivity index is 2.85. The third-order valence-electron chi connectivity index (χ3n) is 2.05. The van der Waals surface area contributed by atoms with Crippen LogP contribution >= 0.6 is 22.6 Å². The monoisotopic (exact) mass is 371 g/mol. The van der Waals surface area contributed by atoms with Gasteiger partial charge < -0.3 is 9.47 Å². The van der Waals surface area contributed by atoms with Crippen molar-refractivity contribution >= 4 is 32.6 Å². The summed E-state index contributed by atoms with van der Waals surface area (Å²) in [6.07, 6.45) is 0.478. The summed E-state index contributed by atoms with van der Waals surface area (Å²) in [5.41, 5.74) is 0.663. The maximum absolute atomic E-state index is 11.4. The van der Waals surface area contributed by atoms with Crippen molar-refractivity contribution in [1.82, 2.24) is 0 Å². The molecule has 96 valence electrons. The van der Waals surface area contributed by atoms with Gasteiger partial charge in [-0.05, 0) is 52.8 Å². The zero-order valence-electron chi connectivity index (χ0n) is 9.35. The number of nitrogens with two attached hydrogens (primary N) is 1. The summed E-state index contributed by atoms with van der Waals surface area (Å²) in [7, 11) is -2.15. The van der Waals surface area contributed by atoms with Crippen molar-refractivity contribution in [2.75, 3.05) is 20.5 Å². The van der Waals surface area contributed by atoms with Gasteiger partial charge in [0, 0.05) is 10.7 Å². The molecule has 0 aliphatic rings. The van der Waals surface area contributed by atoms with E-state index in [4.69, 9.17) is 14.6 Å². The van der Waals surface area contributed by atoms with E-state index in [0.717, 1.165) is 3.57 Å². The highest BCUT2D eigenvalue weighted by Gasteiger charge is 2.13. The van der Waals surface area contributed by atoms with E-state index in [1.807, 2.05) is 0 Å². The molecule has 0 aliphatic carbocycles. The van der Waals surface area contributed by atoms with Crippen LogP contribution in [-0.4, -0.2) is 28.9 Å². The summed E-state index contributed by atoms with van der Waals surface area (Å²) < 4.78 is 33.6. The Morgan fingerprint density at radius 1 is 1.41 bits per heavy atom. The van der Waals surface area contributed by atoms with Crippen LogP contribution in [0.3, 0.4) is 0 Å². The topological polar surface area (TPSA) is 78.6 Å². The lowest BCUT2D eigenvalue weighted by Crippen LogP contribution is -2.15. The van der Waals surface area contributed by atoms with Crippen LogP contribution in [0.4, 0.5) is 0 Å². The molecule has 17 heavy (non-hydrogen) atoms. The molecule has 2 N–H and O–H groups in total. The smallest absolute Gasteiger partial charge is 0.238 e. The van der Waals surface area contributed by atoms with E-state index in [-0.39, 0.29) is 11.7 Å². The Kier molecular flexibility index (Phi) is 5.80. The molecule has 5 nitrogen and oxygen atoms in total. The van der Waals surface area contributed by atoms with Gasteiger partial charge in [-0.25, -0.2) is 13.6 Å². The quantitative estimate of drug-likeness (QED) is 0.462. The van der Waals surface area contributed by atoms with Gasteiger partial charge in [-0.3, -0.25) is 0 Å². The van der Waals surface area contributed by atoms with E-state index >= 15 is 0 Å². The van der Waals surface area contributed by atoms with Crippen LogP contribution in [0.2, 0.25) is 0 Å². The number of rotatable bonds is 6. The number of halogens is 1. The molecule has 0 spiro atoms. The highest BCUT2D eigenvalue weighted by Crippen LogP contribution is 2.18. The normalized spacial score (nSPS) is 11.7. The Morgan fingerprint density at radius 3 is 2.71 bits per heavy atom. The number of primary sulfonamides is 1. The first kappa shape index (κ1) is 14.8. The lowest BCUT2D eigenvalue weighted by Gasteiger charge is -2.08. The number of methoxy groups -OCH3 is 1. The first-order valence-electron chi connectivity index (χ1n) is 4.83. The zero-order chi connectivity index (χ0) is 12.9. The van der Waals surface area contributed by atoms with E-state index in [1.54, 1.807) is 12.1 Å². The maximum Gasteiger partial charge on any atom is 0.238 e. The van der Waals surface area contributed by atoms with Crippen molar-refractivity contribution in [2.24, 2.45) is 5.14 Å². The summed E-state index contributed by atoms with van der Waals surface area (Å²) >= 11 is 2.12. The summed E-state index contributed by atoms with van der Waals surface area (Å²) in [4.78, 5) is 0.152. The minimum Gasteiger partial charge on any atom is -0.359 e. The second-order valence-electron chi connectivity index (χ2n) is 3.36. The highest BCUT2D eigenvalue weighted by molar-refractivity contribution is 14.1.